The van der Waals surface area contributed by atoms with Crippen LogP contribution in [0.1, 0.15) is 53.4 Å². The molecule has 2 nitrogen and oxygen atoms in total. The maximum atomic E-state index is 3.57. The molecule has 1 fully saturated rings. The van der Waals surface area contributed by atoms with E-state index in [2.05, 4.69) is 37.9 Å². The number of rotatable bonds is 5. The van der Waals surface area contributed by atoms with Gasteiger partial charge in [-0.1, -0.05) is 20.8 Å². The molecular formula is C13H28N2. The Bertz CT molecular complexity index is 167. The van der Waals surface area contributed by atoms with Gasteiger partial charge in [0.1, 0.15) is 0 Å². The summed E-state index contributed by atoms with van der Waals surface area (Å²) in [6.07, 6.45) is 5.19. The van der Waals surface area contributed by atoms with E-state index in [-0.39, 0.29) is 0 Å². The summed E-state index contributed by atoms with van der Waals surface area (Å²) in [6, 6.07) is 0.768. The summed E-state index contributed by atoms with van der Waals surface area (Å²) in [5.74, 6) is 0. The standard InChI is InChI=1S/C13H28N2/c1-5-13(4,6-2)15-10-8-12(9-11-15)14-7-3/h12,14H,5-11H2,1-4H3. The Balaban J connectivity index is 2.42. The molecule has 0 unspecified atom stereocenters. The van der Waals surface area contributed by atoms with Crippen molar-refractivity contribution < 1.29 is 0 Å². The molecule has 1 aliphatic rings. The smallest absolute Gasteiger partial charge is 0.0176 e. The van der Waals surface area contributed by atoms with Crippen LogP contribution in [0.3, 0.4) is 0 Å². The molecule has 0 amide bonds. The topological polar surface area (TPSA) is 15.3 Å². The van der Waals surface area contributed by atoms with Crippen molar-refractivity contribution in [2.45, 2.75) is 65.0 Å². The van der Waals surface area contributed by atoms with Gasteiger partial charge < -0.3 is 5.32 Å². The number of nitrogens with one attached hydrogen (secondary N) is 1. The minimum atomic E-state index is 0.442. The van der Waals surface area contributed by atoms with Gasteiger partial charge in [-0.3, -0.25) is 4.90 Å². The third-order valence-corrected chi connectivity index (χ3v) is 4.27. The lowest BCUT2D eigenvalue weighted by Crippen LogP contribution is -2.52. The highest BCUT2D eigenvalue weighted by Crippen LogP contribution is 2.26. The average Bonchev–Trinajstić information content (AvgIpc) is 2.29. The Morgan fingerprint density at radius 1 is 1.13 bits per heavy atom. The lowest BCUT2D eigenvalue weighted by Gasteiger charge is -2.44. The monoisotopic (exact) mass is 212 g/mol. The number of hydrogen-bond acceptors (Lipinski definition) is 2. The maximum Gasteiger partial charge on any atom is 0.0176 e. The number of hydrogen-bond donors (Lipinski definition) is 1. The van der Waals surface area contributed by atoms with Crippen LogP contribution in [0.2, 0.25) is 0 Å². The first-order valence-electron chi connectivity index (χ1n) is 6.64. The van der Waals surface area contributed by atoms with Crippen LogP contribution in [0.25, 0.3) is 0 Å². The van der Waals surface area contributed by atoms with Crippen LogP contribution in [0.5, 0.6) is 0 Å². The van der Waals surface area contributed by atoms with Crippen molar-refractivity contribution in [2.24, 2.45) is 0 Å². The lowest BCUT2D eigenvalue weighted by molar-refractivity contribution is 0.0631. The van der Waals surface area contributed by atoms with Crippen LogP contribution < -0.4 is 5.32 Å². The predicted octanol–water partition coefficient (Wildman–Crippen LogP) is 2.64. The van der Waals surface area contributed by atoms with Crippen molar-refractivity contribution in [3.05, 3.63) is 0 Å². The van der Waals surface area contributed by atoms with Gasteiger partial charge in [-0.15, -0.1) is 0 Å². The second kappa shape index (κ2) is 5.86. The maximum absolute atomic E-state index is 3.57. The van der Waals surface area contributed by atoms with Crippen LogP contribution in [0.15, 0.2) is 0 Å². The third kappa shape index (κ3) is 3.18. The van der Waals surface area contributed by atoms with Crippen molar-refractivity contribution in [3.8, 4) is 0 Å². The first-order chi connectivity index (χ1) is 7.16. The minimum absolute atomic E-state index is 0.442. The summed E-state index contributed by atoms with van der Waals surface area (Å²) in [6.45, 7) is 12.9. The number of likely N-dealkylation sites (tertiary alicyclic amines) is 1. The van der Waals surface area contributed by atoms with Gasteiger partial charge in [0.2, 0.25) is 0 Å². The number of nitrogens with zero attached hydrogens (tertiary/aromatic N) is 1. The highest BCUT2D eigenvalue weighted by molar-refractivity contribution is 4.88. The Morgan fingerprint density at radius 2 is 1.67 bits per heavy atom. The first kappa shape index (κ1) is 13.0. The van der Waals surface area contributed by atoms with Crippen molar-refractivity contribution in [1.82, 2.24) is 10.2 Å². The molecule has 0 radical (unpaired) electrons. The van der Waals surface area contributed by atoms with Crippen molar-refractivity contribution in [3.63, 3.8) is 0 Å². The lowest BCUT2D eigenvalue weighted by atomic mass is 9.90. The van der Waals surface area contributed by atoms with E-state index in [1.807, 2.05) is 0 Å². The van der Waals surface area contributed by atoms with Crippen LogP contribution in [-0.4, -0.2) is 36.1 Å². The van der Waals surface area contributed by atoms with E-state index in [1.165, 1.54) is 38.8 Å². The van der Waals surface area contributed by atoms with E-state index in [1.54, 1.807) is 0 Å². The Hall–Kier alpha value is -0.0800. The van der Waals surface area contributed by atoms with E-state index < -0.39 is 0 Å². The van der Waals surface area contributed by atoms with Gasteiger partial charge in [0.25, 0.3) is 0 Å². The highest BCUT2D eigenvalue weighted by Gasteiger charge is 2.31. The molecule has 2 heteroatoms. The molecule has 0 aliphatic carbocycles. The molecule has 1 aliphatic heterocycles. The molecule has 1 saturated heterocycles. The molecule has 0 aromatic rings. The number of piperidine rings is 1. The van der Waals surface area contributed by atoms with E-state index in [0.717, 1.165) is 12.6 Å². The molecule has 0 aromatic heterocycles. The van der Waals surface area contributed by atoms with Crippen molar-refractivity contribution in [1.29, 1.82) is 0 Å². The molecule has 0 saturated carbocycles. The SMILES string of the molecule is CCNC1CCN(C(C)(CC)CC)CC1. The molecule has 1 heterocycles. The summed E-state index contributed by atoms with van der Waals surface area (Å²) in [5, 5.41) is 3.57. The minimum Gasteiger partial charge on any atom is -0.314 e. The summed E-state index contributed by atoms with van der Waals surface area (Å²) >= 11 is 0. The fraction of sp³-hybridized carbons (Fsp3) is 1.00. The summed E-state index contributed by atoms with van der Waals surface area (Å²) < 4.78 is 0. The zero-order chi connectivity index (χ0) is 11.3. The molecule has 0 spiro atoms. The predicted molar refractivity (Wildman–Crippen MR) is 67.3 cm³/mol. The van der Waals surface area contributed by atoms with Gasteiger partial charge in [0.05, 0.1) is 0 Å². The van der Waals surface area contributed by atoms with Gasteiger partial charge in [-0.25, -0.2) is 0 Å². The molecule has 0 atom stereocenters. The van der Waals surface area contributed by atoms with Crippen molar-refractivity contribution >= 4 is 0 Å². The van der Waals surface area contributed by atoms with Crippen LogP contribution in [0.4, 0.5) is 0 Å². The molecule has 0 aromatic carbocycles. The van der Waals surface area contributed by atoms with Gasteiger partial charge >= 0.3 is 0 Å². The molecule has 15 heavy (non-hydrogen) atoms. The van der Waals surface area contributed by atoms with Crippen LogP contribution >= 0.6 is 0 Å². The molecular weight excluding hydrogens is 184 g/mol. The second-order valence-electron chi connectivity index (χ2n) is 5.02. The molecule has 0 bridgehead atoms. The van der Waals surface area contributed by atoms with Crippen LogP contribution in [0, 0.1) is 0 Å². The quantitative estimate of drug-likeness (QED) is 0.753. The fourth-order valence-corrected chi connectivity index (χ4v) is 2.61. The summed E-state index contributed by atoms with van der Waals surface area (Å²) in [4.78, 5) is 2.70. The van der Waals surface area contributed by atoms with E-state index in [0.29, 0.717) is 5.54 Å². The zero-order valence-corrected chi connectivity index (χ0v) is 11.0. The van der Waals surface area contributed by atoms with E-state index in [4.69, 9.17) is 0 Å². The Kier molecular flexibility index (Phi) is 5.07. The largest absolute Gasteiger partial charge is 0.314 e. The fourth-order valence-electron chi connectivity index (χ4n) is 2.61. The average molecular weight is 212 g/mol. The Labute approximate surface area is 95.4 Å². The molecule has 1 rings (SSSR count). The molecule has 1 N–H and O–H groups in total. The van der Waals surface area contributed by atoms with E-state index >= 15 is 0 Å². The van der Waals surface area contributed by atoms with Gasteiger partial charge in [-0.05, 0) is 39.2 Å². The molecule has 90 valence electrons. The second-order valence-corrected chi connectivity index (χ2v) is 5.02. The normalized spacial score (nSPS) is 20.8. The zero-order valence-electron chi connectivity index (χ0n) is 11.0. The third-order valence-electron chi connectivity index (χ3n) is 4.27. The summed E-state index contributed by atoms with van der Waals surface area (Å²) in [7, 11) is 0. The van der Waals surface area contributed by atoms with E-state index in [9.17, 15) is 0 Å². The van der Waals surface area contributed by atoms with Gasteiger partial charge in [-0.2, -0.15) is 0 Å². The highest BCUT2D eigenvalue weighted by atomic mass is 15.2. The van der Waals surface area contributed by atoms with Crippen LogP contribution in [-0.2, 0) is 0 Å². The Morgan fingerprint density at radius 3 is 2.07 bits per heavy atom. The van der Waals surface area contributed by atoms with Gasteiger partial charge in [0, 0.05) is 24.7 Å². The van der Waals surface area contributed by atoms with Gasteiger partial charge in [0.15, 0.2) is 0 Å². The first-order valence-corrected chi connectivity index (χ1v) is 6.64. The van der Waals surface area contributed by atoms with Crippen molar-refractivity contribution in [2.75, 3.05) is 19.6 Å². The summed E-state index contributed by atoms with van der Waals surface area (Å²) in [5.41, 5.74) is 0.442.